The quantitative estimate of drug-likeness (QED) is 0.718. The molecular formula is C10H11N5. The van der Waals surface area contributed by atoms with Gasteiger partial charge < -0.3 is 11.5 Å². The van der Waals surface area contributed by atoms with Crippen LogP contribution in [0.15, 0.2) is 24.4 Å². The molecule has 0 bridgehead atoms. The minimum Gasteiger partial charge on any atom is -0.383 e. The monoisotopic (exact) mass is 201 g/mol. The summed E-state index contributed by atoms with van der Waals surface area (Å²) in [5.74, 6) is 1.24. The van der Waals surface area contributed by atoms with Crippen molar-refractivity contribution in [2.45, 2.75) is 6.92 Å². The molecule has 0 amide bonds. The predicted molar refractivity (Wildman–Crippen MR) is 58.8 cm³/mol. The Balaban J connectivity index is 2.56. The molecule has 4 N–H and O–H groups in total. The van der Waals surface area contributed by atoms with Gasteiger partial charge in [-0.1, -0.05) is 6.07 Å². The lowest BCUT2D eigenvalue weighted by Gasteiger charge is -2.05. The van der Waals surface area contributed by atoms with Gasteiger partial charge in [0.15, 0.2) is 5.82 Å². The van der Waals surface area contributed by atoms with E-state index in [0.29, 0.717) is 28.7 Å². The number of aromatic nitrogens is 3. The van der Waals surface area contributed by atoms with Crippen molar-refractivity contribution in [2.24, 2.45) is 0 Å². The first-order valence-electron chi connectivity index (χ1n) is 4.49. The Morgan fingerprint density at radius 2 is 1.73 bits per heavy atom. The van der Waals surface area contributed by atoms with Crippen molar-refractivity contribution in [2.75, 3.05) is 11.5 Å². The van der Waals surface area contributed by atoms with Crippen molar-refractivity contribution in [3.8, 4) is 11.5 Å². The number of anilines is 2. The Bertz CT molecular complexity index is 457. The topological polar surface area (TPSA) is 90.7 Å². The lowest BCUT2D eigenvalue weighted by atomic mass is 10.3. The van der Waals surface area contributed by atoms with Crippen LogP contribution in [0.25, 0.3) is 11.5 Å². The molecule has 76 valence electrons. The number of nitrogens with two attached hydrogens (primary N) is 2. The van der Waals surface area contributed by atoms with Crippen molar-refractivity contribution in [3.05, 3.63) is 30.0 Å². The van der Waals surface area contributed by atoms with Gasteiger partial charge in [0, 0.05) is 11.8 Å². The van der Waals surface area contributed by atoms with E-state index in [1.807, 2.05) is 18.2 Å². The molecule has 0 fully saturated rings. The van der Waals surface area contributed by atoms with Gasteiger partial charge >= 0.3 is 0 Å². The van der Waals surface area contributed by atoms with E-state index in [4.69, 9.17) is 11.5 Å². The third-order valence-electron chi connectivity index (χ3n) is 2.12. The number of hydrogen-bond donors (Lipinski definition) is 2. The Kier molecular flexibility index (Phi) is 2.21. The van der Waals surface area contributed by atoms with Crippen LogP contribution in [0.4, 0.5) is 11.6 Å². The summed E-state index contributed by atoms with van der Waals surface area (Å²) < 4.78 is 0. The Morgan fingerprint density at radius 1 is 1.07 bits per heavy atom. The highest BCUT2D eigenvalue weighted by atomic mass is 15.0. The molecule has 0 atom stereocenters. The van der Waals surface area contributed by atoms with E-state index in [1.54, 1.807) is 13.1 Å². The van der Waals surface area contributed by atoms with E-state index in [1.165, 1.54) is 0 Å². The summed E-state index contributed by atoms with van der Waals surface area (Å²) >= 11 is 0. The minimum atomic E-state index is 0.392. The predicted octanol–water partition coefficient (Wildman–Crippen LogP) is 1.01. The third-order valence-corrected chi connectivity index (χ3v) is 2.12. The molecular weight excluding hydrogens is 190 g/mol. The highest BCUT2D eigenvalue weighted by molar-refractivity contribution is 5.60. The molecule has 0 unspecified atom stereocenters. The molecule has 5 heteroatoms. The van der Waals surface area contributed by atoms with Crippen molar-refractivity contribution in [1.29, 1.82) is 0 Å². The molecule has 5 nitrogen and oxygen atoms in total. The second-order valence-electron chi connectivity index (χ2n) is 3.16. The normalized spacial score (nSPS) is 10.2. The van der Waals surface area contributed by atoms with Gasteiger partial charge in [0.2, 0.25) is 0 Å². The van der Waals surface area contributed by atoms with Crippen LogP contribution in [0.2, 0.25) is 0 Å². The van der Waals surface area contributed by atoms with E-state index in [0.717, 1.165) is 0 Å². The smallest absolute Gasteiger partial charge is 0.182 e. The Morgan fingerprint density at radius 3 is 2.27 bits per heavy atom. The van der Waals surface area contributed by atoms with Crippen LogP contribution in [-0.2, 0) is 0 Å². The highest BCUT2D eigenvalue weighted by Gasteiger charge is 2.07. The van der Waals surface area contributed by atoms with Crippen LogP contribution < -0.4 is 11.5 Å². The molecule has 0 aliphatic rings. The van der Waals surface area contributed by atoms with Gasteiger partial charge in [0.1, 0.15) is 17.3 Å². The van der Waals surface area contributed by atoms with E-state index >= 15 is 0 Å². The lowest BCUT2D eigenvalue weighted by molar-refractivity contribution is 1.13. The van der Waals surface area contributed by atoms with Gasteiger partial charge in [-0.05, 0) is 19.1 Å². The summed E-state index contributed by atoms with van der Waals surface area (Å²) in [7, 11) is 0. The third kappa shape index (κ3) is 1.71. The number of rotatable bonds is 1. The fraction of sp³-hybridized carbons (Fsp3) is 0.100. The van der Waals surface area contributed by atoms with Crippen LogP contribution in [0.5, 0.6) is 0 Å². The maximum absolute atomic E-state index is 5.70. The maximum atomic E-state index is 5.70. The molecule has 0 saturated heterocycles. The van der Waals surface area contributed by atoms with Gasteiger partial charge in [-0.15, -0.1) is 0 Å². The van der Waals surface area contributed by atoms with E-state index in [-0.39, 0.29) is 0 Å². The molecule has 0 saturated carbocycles. The van der Waals surface area contributed by atoms with E-state index in [9.17, 15) is 0 Å². The minimum absolute atomic E-state index is 0.392. The fourth-order valence-electron chi connectivity index (χ4n) is 1.16. The first kappa shape index (κ1) is 9.39. The molecule has 0 aliphatic heterocycles. The standard InChI is InChI=1S/C10H11N5/c1-6-8(11)14-10(15-9(6)12)7-4-2-3-5-13-7/h2-5H,1H3,(H4,11,12,14,15). The van der Waals surface area contributed by atoms with Gasteiger partial charge in [-0.25, -0.2) is 9.97 Å². The van der Waals surface area contributed by atoms with Crippen molar-refractivity contribution < 1.29 is 0 Å². The Hall–Kier alpha value is -2.17. The van der Waals surface area contributed by atoms with Crippen molar-refractivity contribution in [3.63, 3.8) is 0 Å². The molecule has 2 rings (SSSR count). The summed E-state index contributed by atoms with van der Waals surface area (Å²) in [6, 6.07) is 5.49. The Labute approximate surface area is 87.2 Å². The summed E-state index contributed by atoms with van der Waals surface area (Å²) in [4.78, 5) is 12.4. The van der Waals surface area contributed by atoms with Crippen LogP contribution in [0.1, 0.15) is 5.56 Å². The molecule has 0 spiro atoms. The second kappa shape index (κ2) is 3.53. The molecule has 2 aromatic rings. The maximum Gasteiger partial charge on any atom is 0.182 e. The van der Waals surface area contributed by atoms with Crippen LogP contribution in [0.3, 0.4) is 0 Å². The van der Waals surface area contributed by atoms with Gasteiger partial charge in [-0.3, -0.25) is 4.98 Å². The average Bonchev–Trinajstić information content (AvgIpc) is 2.26. The largest absolute Gasteiger partial charge is 0.383 e. The number of nitrogens with zero attached hydrogens (tertiary/aromatic N) is 3. The van der Waals surface area contributed by atoms with E-state index in [2.05, 4.69) is 15.0 Å². The zero-order chi connectivity index (χ0) is 10.8. The molecule has 2 aromatic heterocycles. The number of hydrogen-bond acceptors (Lipinski definition) is 5. The van der Waals surface area contributed by atoms with Crippen molar-refractivity contribution in [1.82, 2.24) is 15.0 Å². The van der Waals surface area contributed by atoms with E-state index < -0.39 is 0 Å². The first-order valence-corrected chi connectivity index (χ1v) is 4.49. The van der Waals surface area contributed by atoms with Crippen LogP contribution in [-0.4, -0.2) is 15.0 Å². The zero-order valence-electron chi connectivity index (χ0n) is 8.31. The average molecular weight is 201 g/mol. The van der Waals surface area contributed by atoms with Crippen molar-refractivity contribution >= 4 is 11.6 Å². The molecule has 0 aliphatic carbocycles. The summed E-state index contributed by atoms with van der Waals surface area (Å²) in [5.41, 5.74) is 12.8. The number of pyridine rings is 1. The summed E-state index contributed by atoms with van der Waals surface area (Å²) in [5, 5.41) is 0. The van der Waals surface area contributed by atoms with Gasteiger partial charge in [0.05, 0.1) is 0 Å². The van der Waals surface area contributed by atoms with Crippen LogP contribution >= 0.6 is 0 Å². The summed E-state index contributed by atoms with van der Waals surface area (Å²) in [6.07, 6.45) is 1.67. The van der Waals surface area contributed by atoms with Gasteiger partial charge in [-0.2, -0.15) is 0 Å². The molecule has 0 aromatic carbocycles. The first-order chi connectivity index (χ1) is 7.18. The van der Waals surface area contributed by atoms with Crippen LogP contribution in [0, 0.1) is 6.92 Å². The SMILES string of the molecule is Cc1c(N)nc(-c2ccccn2)nc1N. The highest BCUT2D eigenvalue weighted by Crippen LogP contribution is 2.19. The molecule has 15 heavy (non-hydrogen) atoms. The number of nitrogen functional groups attached to an aromatic ring is 2. The lowest BCUT2D eigenvalue weighted by Crippen LogP contribution is -2.04. The summed E-state index contributed by atoms with van der Waals surface area (Å²) in [6.45, 7) is 1.78. The zero-order valence-corrected chi connectivity index (χ0v) is 8.31. The molecule has 2 heterocycles. The van der Waals surface area contributed by atoms with Gasteiger partial charge in [0.25, 0.3) is 0 Å². The molecule has 0 radical (unpaired) electrons. The fourth-order valence-corrected chi connectivity index (χ4v) is 1.16. The second-order valence-corrected chi connectivity index (χ2v) is 3.16.